The van der Waals surface area contributed by atoms with Gasteiger partial charge in [0.15, 0.2) is 0 Å². The van der Waals surface area contributed by atoms with E-state index in [1.165, 1.54) is 10.5 Å². The molecule has 1 N–H and O–H groups in total. The Morgan fingerprint density at radius 3 is 2.57 bits per heavy atom. The average molecular weight is 472 g/mol. The second-order valence-electron chi connectivity index (χ2n) is 7.74. The third-order valence-electron chi connectivity index (χ3n) is 5.51. The summed E-state index contributed by atoms with van der Waals surface area (Å²) < 4.78 is 18.7. The van der Waals surface area contributed by atoms with Gasteiger partial charge in [0.25, 0.3) is 0 Å². The van der Waals surface area contributed by atoms with Crippen LogP contribution in [0.2, 0.25) is 0 Å². The van der Waals surface area contributed by atoms with E-state index in [1.54, 1.807) is 30.4 Å². The van der Waals surface area contributed by atoms with Crippen molar-refractivity contribution in [1.29, 1.82) is 0 Å². The van der Waals surface area contributed by atoms with Gasteiger partial charge in [-0.3, -0.25) is 9.36 Å². The van der Waals surface area contributed by atoms with Crippen molar-refractivity contribution in [3.05, 3.63) is 35.9 Å². The number of rotatable bonds is 10. The van der Waals surface area contributed by atoms with Crippen LogP contribution in [0.25, 0.3) is 0 Å². The molecule has 1 aromatic rings. The Hall–Kier alpha value is -0.950. The Morgan fingerprint density at radius 2 is 1.93 bits per heavy atom. The number of benzene rings is 1. The number of nitrogens with zero attached hydrogens (tertiary/aromatic N) is 1. The molecule has 2 fully saturated rings. The second-order valence-corrected chi connectivity index (χ2v) is 13.6. The minimum atomic E-state index is -3.15. The molecule has 9 heteroatoms. The zero-order valence-electron chi connectivity index (χ0n) is 17.3. The SMILES string of the molecule is CCOP(=O)(CCCCc1ccccc1)CC(=O)N1CC2(CC1C(=O)O)SCCS2. The molecule has 0 bridgehead atoms. The van der Waals surface area contributed by atoms with Crippen LogP contribution in [0.3, 0.4) is 0 Å². The lowest BCUT2D eigenvalue weighted by Gasteiger charge is -2.25. The van der Waals surface area contributed by atoms with Crippen LogP contribution in [0.4, 0.5) is 0 Å². The summed E-state index contributed by atoms with van der Waals surface area (Å²) in [5, 5.41) is 9.65. The molecule has 2 atom stereocenters. The summed E-state index contributed by atoms with van der Waals surface area (Å²) in [5.74, 6) is 0.602. The topological polar surface area (TPSA) is 83.9 Å². The zero-order chi connectivity index (χ0) is 21.6. The molecule has 2 aliphatic rings. The van der Waals surface area contributed by atoms with Gasteiger partial charge in [0.2, 0.25) is 13.3 Å². The zero-order valence-corrected chi connectivity index (χ0v) is 19.9. The first-order chi connectivity index (χ1) is 14.4. The van der Waals surface area contributed by atoms with E-state index in [1.807, 2.05) is 18.2 Å². The van der Waals surface area contributed by atoms with Crippen LogP contribution in [-0.4, -0.2) is 69.0 Å². The van der Waals surface area contributed by atoms with Crippen LogP contribution >= 0.6 is 30.9 Å². The molecule has 0 aromatic heterocycles. The predicted molar refractivity (Wildman–Crippen MR) is 124 cm³/mol. The number of amides is 1. The van der Waals surface area contributed by atoms with Crippen LogP contribution in [0.1, 0.15) is 31.7 Å². The van der Waals surface area contributed by atoms with Crippen molar-refractivity contribution in [2.75, 3.05) is 37.0 Å². The van der Waals surface area contributed by atoms with E-state index in [4.69, 9.17) is 4.52 Å². The molecule has 2 saturated heterocycles. The highest BCUT2D eigenvalue weighted by atomic mass is 32.2. The van der Waals surface area contributed by atoms with E-state index in [2.05, 4.69) is 12.1 Å². The molecule has 3 rings (SSSR count). The number of carboxylic acid groups (broad SMARTS) is 1. The standard InChI is InChI=1S/C21H30NO5PS2/c1-2-27-28(26,11-7-6-10-17-8-4-3-5-9-17)15-19(23)22-16-21(29-12-13-30-21)14-18(22)20(24)25/h3-5,8-9,18H,2,6-7,10-16H2,1H3,(H,24,25). The predicted octanol–water partition coefficient (Wildman–Crippen LogP) is 4.19. The third kappa shape index (κ3) is 6.06. The van der Waals surface area contributed by atoms with Gasteiger partial charge in [0.1, 0.15) is 12.2 Å². The van der Waals surface area contributed by atoms with Crippen molar-refractivity contribution in [2.24, 2.45) is 0 Å². The van der Waals surface area contributed by atoms with Gasteiger partial charge < -0.3 is 14.5 Å². The van der Waals surface area contributed by atoms with E-state index in [0.29, 0.717) is 25.5 Å². The second kappa shape index (κ2) is 10.6. The van der Waals surface area contributed by atoms with Gasteiger partial charge in [-0.05, 0) is 31.7 Å². The maximum absolute atomic E-state index is 13.4. The third-order valence-corrected chi connectivity index (χ3v) is 11.4. The van der Waals surface area contributed by atoms with Gasteiger partial charge >= 0.3 is 5.97 Å². The molecule has 0 aliphatic carbocycles. The highest BCUT2D eigenvalue weighted by molar-refractivity contribution is 8.21. The number of carbonyl (C=O) groups is 2. The summed E-state index contributed by atoms with van der Waals surface area (Å²) >= 11 is 3.49. The van der Waals surface area contributed by atoms with Crippen LogP contribution in [0.15, 0.2) is 30.3 Å². The molecule has 6 nitrogen and oxygen atoms in total. The lowest BCUT2D eigenvalue weighted by molar-refractivity contribution is -0.147. The van der Waals surface area contributed by atoms with Gasteiger partial charge in [0, 0.05) is 30.6 Å². The van der Waals surface area contributed by atoms with E-state index in [-0.39, 0.29) is 22.8 Å². The largest absolute Gasteiger partial charge is 0.480 e. The fourth-order valence-corrected chi connectivity index (χ4v) is 9.48. The van der Waals surface area contributed by atoms with Crippen molar-refractivity contribution >= 4 is 42.8 Å². The van der Waals surface area contributed by atoms with Crippen molar-refractivity contribution in [3.8, 4) is 0 Å². The summed E-state index contributed by atoms with van der Waals surface area (Å²) in [6.45, 7) is 2.46. The lowest BCUT2D eigenvalue weighted by Crippen LogP contribution is -2.42. The smallest absolute Gasteiger partial charge is 0.326 e. The number of aliphatic carboxylic acids is 1. The number of aryl methyl sites for hydroxylation is 1. The summed E-state index contributed by atoms with van der Waals surface area (Å²) in [7, 11) is -3.15. The van der Waals surface area contributed by atoms with E-state index in [0.717, 1.165) is 24.3 Å². The maximum Gasteiger partial charge on any atom is 0.326 e. The number of likely N-dealkylation sites (tertiary alicyclic amines) is 1. The van der Waals surface area contributed by atoms with Crippen LogP contribution in [0, 0.1) is 0 Å². The molecule has 2 aliphatic heterocycles. The van der Waals surface area contributed by atoms with Gasteiger partial charge in [-0.25, -0.2) is 4.79 Å². The lowest BCUT2D eigenvalue weighted by atomic mass is 10.1. The number of unbranched alkanes of at least 4 members (excludes halogenated alkanes) is 1. The molecule has 0 saturated carbocycles. The van der Waals surface area contributed by atoms with E-state index in [9.17, 15) is 19.3 Å². The van der Waals surface area contributed by atoms with Crippen LogP contribution in [-0.2, 0) is 25.1 Å². The molecule has 2 unspecified atom stereocenters. The van der Waals surface area contributed by atoms with E-state index < -0.39 is 19.4 Å². The first kappa shape index (κ1) is 23.7. The number of hydrogen-bond donors (Lipinski definition) is 1. The van der Waals surface area contributed by atoms with Gasteiger partial charge in [-0.2, -0.15) is 0 Å². The quantitative estimate of drug-likeness (QED) is 0.405. The van der Waals surface area contributed by atoms with Crippen LogP contribution in [0.5, 0.6) is 0 Å². The maximum atomic E-state index is 13.4. The highest BCUT2D eigenvalue weighted by Gasteiger charge is 2.51. The van der Waals surface area contributed by atoms with Gasteiger partial charge in [0.05, 0.1) is 10.7 Å². The highest BCUT2D eigenvalue weighted by Crippen LogP contribution is 2.53. The molecule has 30 heavy (non-hydrogen) atoms. The molecular formula is C21H30NO5PS2. The summed E-state index contributed by atoms with van der Waals surface area (Å²) in [4.78, 5) is 26.3. The number of carbonyl (C=O) groups excluding carboxylic acids is 1. The van der Waals surface area contributed by atoms with Gasteiger partial charge in [-0.1, -0.05) is 30.3 Å². The summed E-state index contributed by atoms with van der Waals surface area (Å²) in [6.07, 6.45) is 3.05. The monoisotopic (exact) mass is 471 g/mol. The minimum Gasteiger partial charge on any atom is -0.480 e. The molecule has 1 amide bonds. The molecule has 2 heterocycles. The van der Waals surface area contributed by atoms with Crippen molar-refractivity contribution in [2.45, 2.75) is 42.7 Å². The van der Waals surface area contributed by atoms with E-state index >= 15 is 0 Å². The number of carboxylic acids is 1. The number of hydrogen-bond acceptors (Lipinski definition) is 6. The Balaban J connectivity index is 1.59. The fourth-order valence-electron chi connectivity index (χ4n) is 4.08. The first-order valence-electron chi connectivity index (χ1n) is 10.4. The first-order valence-corrected chi connectivity index (χ1v) is 14.4. The summed E-state index contributed by atoms with van der Waals surface area (Å²) in [6, 6.07) is 9.28. The Kier molecular flexibility index (Phi) is 8.36. The minimum absolute atomic E-state index is 0.207. The summed E-state index contributed by atoms with van der Waals surface area (Å²) in [5.41, 5.74) is 1.23. The molecule has 1 spiro atoms. The normalized spacial score (nSPS) is 22.3. The fraction of sp³-hybridized carbons (Fsp3) is 0.619. The van der Waals surface area contributed by atoms with Gasteiger partial charge in [-0.15, -0.1) is 23.5 Å². The molecule has 0 radical (unpaired) electrons. The Bertz CT molecular complexity index is 785. The number of thioether (sulfide) groups is 2. The Labute approximate surface area is 187 Å². The van der Waals surface area contributed by atoms with Crippen LogP contribution < -0.4 is 0 Å². The average Bonchev–Trinajstić information content (AvgIpc) is 3.34. The Morgan fingerprint density at radius 1 is 1.23 bits per heavy atom. The molecule has 166 valence electrons. The van der Waals surface area contributed by atoms with Crippen molar-refractivity contribution in [3.63, 3.8) is 0 Å². The molecule has 1 aromatic carbocycles. The molecular weight excluding hydrogens is 441 g/mol. The van der Waals surface area contributed by atoms with Crippen molar-refractivity contribution < 1.29 is 23.8 Å². The van der Waals surface area contributed by atoms with Crippen molar-refractivity contribution in [1.82, 2.24) is 4.90 Å².